The number of ether oxygens (including phenoxy) is 2. The highest BCUT2D eigenvalue weighted by atomic mass is 35.5. The molecule has 0 aliphatic carbocycles. The van der Waals surface area contributed by atoms with Crippen LogP contribution < -0.4 is 9.47 Å². The lowest BCUT2D eigenvalue weighted by atomic mass is 10.1. The molecule has 0 aliphatic heterocycles. The molecule has 1 rings (SSSR count). The molecule has 0 aliphatic rings. The van der Waals surface area contributed by atoms with Gasteiger partial charge in [0.15, 0.2) is 0 Å². The summed E-state index contributed by atoms with van der Waals surface area (Å²) in [4.78, 5) is 10.5. The monoisotopic (exact) mass is 232 g/mol. The number of aliphatic carboxylic acids is 1. The van der Waals surface area contributed by atoms with Crippen LogP contribution in [0, 0.1) is 0 Å². The minimum atomic E-state index is -0.875. The van der Waals surface area contributed by atoms with Crippen molar-refractivity contribution in [3.8, 4) is 11.5 Å². The van der Waals surface area contributed by atoms with E-state index in [1.165, 1.54) is 14.2 Å². The number of carbonyl (C=O) groups is 1. The maximum Gasteiger partial charge on any atom is 0.307 e. The Morgan fingerprint density at radius 1 is 1.20 bits per heavy atom. The molecule has 0 aromatic heterocycles. The summed E-state index contributed by atoms with van der Waals surface area (Å²) in [5.74, 6) is 0.321. The van der Waals surface area contributed by atoms with Crippen molar-refractivity contribution in [1.29, 1.82) is 0 Å². The first-order valence-electron chi connectivity index (χ1n) is 4.09. The molecule has 4 nitrogen and oxygen atoms in total. The molecule has 1 aromatic rings. The zero-order valence-corrected chi connectivity index (χ0v) is 9.34. The summed E-state index contributed by atoms with van der Waals surface area (Å²) in [6.07, 6.45) is -0.0342. The van der Waals surface area contributed by atoms with Crippen LogP contribution in [0.3, 0.4) is 0 Å². The number of halogens is 1. The summed E-state index contributed by atoms with van der Waals surface area (Å²) >= 11 is 0. The molecule has 0 bridgehead atoms. The van der Waals surface area contributed by atoms with Gasteiger partial charge in [-0.1, -0.05) is 0 Å². The van der Waals surface area contributed by atoms with Crippen molar-refractivity contribution in [2.24, 2.45) is 0 Å². The van der Waals surface area contributed by atoms with E-state index in [9.17, 15) is 4.79 Å². The molecule has 5 heteroatoms. The second-order valence-electron chi connectivity index (χ2n) is 2.79. The van der Waals surface area contributed by atoms with Gasteiger partial charge >= 0.3 is 5.97 Å². The minimum absolute atomic E-state index is 0. The topological polar surface area (TPSA) is 55.8 Å². The van der Waals surface area contributed by atoms with Crippen LogP contribution in [0.25, 0.3) is 0 Å². The fraction of sp³-hybridized carbons (Fsp3) is 0.300. The van der Waals surface area contributed by atoms with Crippen LogP contribution in [0.5, 0.6) is 11.5 Å². The van der Waals surface area contributed by atoms with Crippen LogP contribution in [-0.4, -0.2) is 25.3 Å². The van der Waals surface area contributed by atoms with Crippen molar-refractivity contribution in [2.45, 2.75) is 6.42 Å². The zero-order chi connectivity index (χ0) is 10.6. The average Bonchev–Trinajstić information content (AvgIpc) is 2.16. The van der Waals surface area contributed by atoms with Gasteiger partial charge in [-0.05, 0) is 17.7 Å². The van der Waals surface area contributed by atoms with E-state index in [0.29, 0.717) is 17.1 Å². The molecule has 84 valence electrons. The summed E-state index contributed by atoms with van der Waals surface area (Å²) in [6.45, 7) is 0. The fourth-order valence-corrected chi connectivity index (χ4v) is 1.14. The SMILES string of the molecule is COc1cc(CC(=O)O)cc(OC)c1.Cl. The van der Waals surface area contributed by atoms with Gasteiger partial charge in [0, 0.05) is 6.07 Å². The van der Waals surface area contributed by atoms with Gasteiger partial charge < -0.3 is 14.6 Å². The molecule has 0 spiro atoms. The van der Waals surface area contributed by atoms with E-state index in [4.69, 9.17) is 14.6 Å². The maximum atomic E-state index is 10.5. The van der Waals surface area contributed by atoms with Gasteiger partial charge in [-0.15, -0.1) is 12.4 Å². The predicted molar refractivity (Wildman–Crippen MR) is 58.1 cm³/mol. The molecule has 1 N–H and O–H groups in total. The normalized spacial score (nSPS) is 8.93. The first-order chi connectivity index (χ1) is 6.65. The molecule has 0 saturated carbocycles. The second kappa shape index (κ2) is 6.14. The zero-order valence-electron chi connectivity index (χ0n) is 8.52. The number of hydrogen-bond acceptors (Lipinski definition) is 3. The Morgan fingerprint density at radius 3 is 2.00 bits per heavy atom. The van der Waals surface area contributed by atoms with Crippen molar-refractivity contribution >= 4 is 18.4 Å². The van der Waals surface area contributed by atoms with Crippen molar-refractivity contribution < 1.29 is 19.4 Å². The fourth-order valence-electron chi connectivity index (χ4n) is 1.14. The highest BCUT2D eigenvalue weighted by Crippen LogP contribution is 2.22. The van der Waals surface area contributed by atoms with Gasteiger partial charge in [0.05, 0.1) is 20.6 Å². The van der Waals surface area contributed by atoms with Gasteiger partial charge in [0.2, 0.25) is 0 Å². The highest BCUT2D eigenvalue weighted by molar-refractivity contribution is 5.85. The molecule has 15 heavy (non-hydrogen) atoms. The highest BCUT2D eigenvalue weighted by Gasteiger charge is 2.05. The van der Waals surface area contributed by atoms with Crippen molar-refractivity contribution in [2.75, 3.05) is 14.2 Å². The van der Waals surface area contributed by atoms with Crippen LogP contribution in [0.2, 0.25) is 0 Å². The number of carboxylic acids is 1. The lowest BCUT2D eigenvalue weighted by Crippen LogP contribution is -2.00. The first-order valence-corrected chi connectivity index (χ1v) is 4.09. The van der Waals surface area contributed by atoms with Crippen LogP contribution >= 0.6 is 12.4 Å². The molecule has 0 fully saturated rings. The van der Waals surface area contributed by atoms with E-state index in [-0.39, 0.29) is 18.8 Å². The Bertz CT molecular complexity index is 316. The van der Waals surface area contributed by atoms with Gasteiger partial charge in [0.25, 0.3) is 0 Å². The van der Waals surface area contributed by atoms with Gasteiger partial charge in [-0.3, -0.25) is 4.79 Å². The lowest BCUT2D eigenvalue weighted by Gasteiger charge is -2.06. The molecular weight excluding hydrogens is 220 g/mol. The number of carboxylic acid groups (broad SMARTS) is 1. The molecule has 0 unspecified atom stereocenters. The Morgan fingerprint density at radius 2 is 1.67 bits per heavy atom. The lowest BCUT2D eigenvalue weighted by molar-refractivity contribution is -0.136. The van der Waals surface area contributed by atoms with E-state index in [0.717, 1.165) is 0 Å². The Kier molecular flexibility index (Phi) is 5.56. The average molecular weight is 233 g/mol. The van der Waals surface area contributed by atoms with Crippen LogP contribution in [0.1, 0.15) is 5.56 Å². The molecule has 1 aromatic carbocycles. The molecular formula is C10H13ClO4. The first kappa shape index (κ1) is 13.6. The third-order valence-corrected chi connectivity index (χ3v) is 1.77. The second-order valence-corrected chi connectivity index (χ2v) is 2.79. The molecule has 0 amide bonds. The summed E-state index contributed by atoms with van der Waals surface area (Å²) in [5.41, 5.74) is 0.661. The molecule has 0 radical (unpaired) electrons. The summed E-state index contributed by atoms with van der Waals surface area (Å²) < 4.78 is 10.0. The summed E-state index contributed by atoms with van der Waals surface area (Å²) in [5, 5.41) is 8.61. The Labute approximate surface area is 94.2 Å². The third kappa shape index (κ3) is 4.08. The standard InChI is InChI=1S/C10H12O4.ClH/c1-13-8-3-7(5-10(11)12)4-9(6-8)14-2;/h3-4,6H,5H2,1-2H3,(H,11,12);1H. The van der Waals surface area contributed by atoms with Gasteiger partial charge in [-0.2, -0.15) is 0 Å². The number of rotatable bonds is 4. The Hall–Kier alpha value is -1.42. The molecule has 0 heterocycles. The van der Waals surface area contributed by atoms with E-state index in [1.54, 1.807) is 18.2 Å². The molecule has 0 atom stereocenters. The van der Waals surface area contributed by atoms with Crippen LogP contribution in [-0.2, 0) is 11.2 Å². The summed E-state index contributed by atoms with van der Waals surface area (Å²) in [7, 11) is 3.05. The molecule has 0 saturated heterocycles. The Balaban J connectivity index is 0.00000196. The van der Waals surface area contributed by atoms with Crippen LogP contribution in [0.15, 0.2) is 18.2 Å². The van der Waals surface area contributed by atoms with Crippen molar-refractivity contribution in [1.82, 2.24) is 0 Å². The van der Waals surface area contributed by atoms with Crippen LogP contribution in [0.4, 0.5) is 0 Å². The predicted octanol–water partition coefficient (Wildman–Crippen LogP) is 1.75. The number of methoxy groups -OCH3 is 2. The van der Waals surface area contributed by atoms with Gasteiger partial charge in [-0.25, -0.2) is 0 Å². The van der Waals surface area contributed by atoms with E-state index in [1.807, 2.05) is 0 Å². The number of benzene rings is 1. The maximum absolute atomic E-state index is 10.5. The summed E-state index contributed by atoms with van der Waals surface area (Å²) in [6, 6.07) is 5.05. The van der Waals surface area contributed by atoms with E-state index < -0.39 is 5.97 Å². The van der Waals surface area contributed by atoms with Crippen molar-refractivity contribution in [3.05, 3.63) is 23.8 Å². The van der Waals surface area contributed by atoms with E-state index >= 15 is 0 Å². The smallest absolute Gasteiger partial charge is 0.307 e. The van der Waals surface area contributed by atoms with Gasteiger partial charge in [0.1, 0.15) is 11.5 Å². The van der Waals surface area contributed by atoms with Crippen molar-refractivity contribution in [3.63, 3.8) is 0 Å². The number of hydrogen-bond donors (Lipinski definition) is 1. The quantitative estimate of drug-likeness (QED) is 0.860. The largest absolute Gasteiger partial charge is 0.497 e. The van der Waals surface area contributed by atoms with E-state index in [2.05, 4.69) is 0 Å². The minimum Gasteiger partial charge on any atom is -0.497 e. The third-order valence-electron chi connectivity index (χ3n) is 1.77.